The zero-order chi connectivity index (χ0) is 15.6. The Hall–Kier alpha value is -1.70. The standard InChI is InChI=1S/C13H10BrF3N2O2/c1-7(11(20)13(15,16)17)12-18-10(19-21-12)6-8-4-2-3-5-9(8)14/h2-5,7H,6H2,1H3. The first kappa shape index (κ1) is 15.7. The Labute approximate surface area is 126 Å². The minimum Gasteiger partial charge on any atom is -0.339 e. The van der Waals surface area contributed by atoms with Crippen LogP contribution in [-0.4, -0.2) is 22.1 Å². The van der Waals surface area contributed by atoms with Crippen molar-refractivity contribution in [2.75, 3.05) is 0 Å². The highest BCUT2D eigenvalue weighted by Gasteiger charge is 2.43. The van der Waals surface area contributed by atoms with Gasteiger partial charge in [-0.05, 0) is 18.6 Å². The van der Waals surface area contributed by atoms with Gasteiger partial charge in [-0.15, -0.1) is 0 Å². The Bertz CT molecular complexity index is 655. The van der Waals surface area contributed by atoms with Crippen LogP contribution < -0.4 is 0 Å². The highest BCUT2D eigenvalue weighted by molar-refractivity contribution is 9.10. The molecule has 0 radical (unpaired) electrons. The Morgan fingerprint density at radius 3 is 2.67 bits per heavy atom. The van der Waals surface area contributed by atoms with Gasteiger partial charge in [-0.3, -0.25) is 4.79 Å². The van der Waals surface area contributed by atoms with Crippen LogP contribution in [0.4, 0.5) is 13.2 Å². The quantitative estimate of drug-likeness (QED) is 0.832. The Kier molecular flexibility index (Phi) is 4.46. The minimum absolute atomic E-state index is 0.221. The fourth-order valence-corrected chi connectivity index (χ4v) is 2.11. The summed E-state index contributed by atoms with van der Waals surface area (Å²) in [4.78, 5) is 15.0. The molecule has 8 heteroatoms. The zero-order valence-electron chi connectivity index (χ0n) is 10.8. The Morgan fingerprint density at radius 2 is 2.05 bits per heavy atom. The van der Waals surface area contributed by atoms with Crippen molar-refractivity contribution in [2.45, 2.75) is 25.4 Å². The number of carbonyl (C=O) groups is 1. The molecule has 1 aromatic carbocycles. The first-order valence-corrected chi connectivity index (χ1v) is 6.75. The second-order valence-corrected chi connectivity index (χ2v) is 5.26. The topological polar surface area (TPSA) is 56.0 Å². The van der Waals surface area contributed by atoms with E-state index in [1.807, 2.05) is 24.3 Å². The van der Waals surface area contributed by atoms with Crippen LogP contribution in [0.3, 0.4) is 0 Å². The van der Waals surface area contributed by atoms with Crippen LogP contribution in [0.25, 0.3) is 0 Å². The van der Waals surface area contributed by atoms with Crippen LogP contribution in [0.5, 0.6) is 0 Å². The first-order chi connectivity index (χ1) is 9.79. The van der Waals surface area contributed by atoms with Crippen molar-refractivity contribution in [1.82, 2.24) is 10.1 Å². The molecule has 0 saturated heterocycles. The monoisotopic (exact) mass is 362 g/mol. The maximum Gasteiger partial charge on any atom is 0.450 e. The molecule has 1 aromatic heterocycles. The summed E-state index contributed by atoms with van der Waals surface area (Å²) in [6.45, 7) is 1.09. The zero-order valence-corrected chi connectivity index (χ0v) is 12.4. The molecule has 0 aliphatic rings. The van der Waals surface area contributed by atoms with E-state index in [2.05, 4.69) is 26.1 Å². The summed E-state index contributed by atoms with van der Waals surface area (Å²) in [5.74, 6) is -3.53. The average molecular weight is 363 g/mol. The van der Waals surface area contributed by atoms with Gasteiger partial charge >= 0.3 is 6.18 Å². The molecule has 0 aliphatic carbocycles. The molecule has 0 spiro atoms. The molecule has 0 bridgehead atoms. The van der Waals surface area contributed by atoms with Gasteiger partial charge in [0.25, 0.3) is 0 Å². The molecule has 2 rings (SSSR count). The van der Waals surface area contributed by atoms with Crippen LogP contribution in [-0.2, 0) is 11.2 Å². The molecule has 0 amide bonds. The molecule has 0 fully saturated rings. The normalized spacial score (nSPS) is 13.2. The second kappa shape index (κ2) is 5.97. The number of hydrogen-bond acceptors (Lipinski definition) is 4. The van der Waals surface area contributed by atoms with Crippen molar-refractivity contribution >= 4 is 21.7 Å². The predicted octanol–water partition coefficient (Wildman–Crippen LogP) is 3.66. The van der Waals surface area contributed by atoms with Crippen molar-refractivity contribution in [3.63, 3.8) is 0 Å². The number of halogens is 4. The van der Waals surface area contributed by atoms with E-state index in [1.165, 1.54) is 0 Å². The van der Waals surface area contributed by atoms with Gasteiger partial charge in [-0.2, -0.15) is 18.2 Å². The van der Waals surface area contributed by atoms with Gasteiger partial charge < -0.3 is 4.52 Å². The van der Waals surface area contributed by atoms with Crippen LogP contribution in [0.2, 0.25) is 0 Å². The van der Waals surface area contributed by atoms with Gasteiger partial charge in [0.2, 0.25) is 11.7 Å². The van der Waals surface area contributed by atoms with Gasteiger partial charge in [0, 0.05) is 10.9 Å². The molecular formula is C13H10BrF3N2O2. The number of rotatable bonds is 4. The molecule has 1 unspecified atom stereocenters. The highest BCUT2D eigenvalue weighted by Crippen LogP contribution is 2.27. The maximum absolute atomic E-state index is 12.3. The summed E-state index contributed by atoms with van der Waals surface area (Å²) in [5.41, 5.74) is 0.861. The minimum atomic E-state index is -4.92. The molecule has 1 atom stereocenters. The van der Waals surface area contributed by atoms with Crippen molar-refractivity contribution in [1.29, 1.82) is 0 Å². The van der Waals surface area contributed by atoms with E-state index in [-0.39, 0.29) is 18.1 Å². The Balaban J connectivity index is 2.15. The number of carbonyl (C=O) groups excluding carboxylic acids is 1. The number of aromatic nitrogens is 2. The highest BCUT2D eigenvalue weighted by atomic mass is 79.9. The summed E-state index contributed by atoms with van der Waals surface area (Å²) in [6.07, 6.45) is -4.63. The van der Waals surface area contributed by atoms with E-state index in [0.717, 1.165) is 17.0 Å². The van der Waals surface area contributed by atoms with Gasteiger partial charge in [0.05, 0.1) is 0 Å². The van der Waals surface area contributed by atoms with E-state index >= 15 is 0 Å². The number of ketones is 1. The van der Waals surface area contributed by atoms with Gasteiger partial charge in [0.15, 0.2) is 5.82 Å². The Morgan fingerprint density at radius 1 is 1.38 bits per heavy atom. The molecule has 1 heterocycles. The number of benzene rings is 1. The summed E-state index contributed by atoms with van der Waals surface area (Å²) < 4.78 is 42.6. The molecule has 4 nitrogen and oxygen atoms in total. The summed E-state index contributed by atoms with van der Waals surface area (Å²) in [7, 11) is 0. The van der Waals surface area contributed by atoms with E-state index in [4.69, 9.17) is 4.52 Å². The van der Waals surface area contributed by atoms with E-state index in [1.54, 1.807) is 0 Å². The lowest BCUT2D eigenvalue weighted by Crippen LogP contribution is -2.27. The third-order valence-corrected chi connectivity index (χ3v) is 3.61. The number of nitrogens with zero attached hydrogens (tertiary/aromatic N) is 2. The number of alkyl halides is 3. The largest absolute Gasteiger partial charge is 0.450 e. The van der Waals surface area contributed by atoms with E-state index in [9.17, 15) is 18.0 Å². The molecule has 0 aliphatic heterocycles. The predicted molar refractivity (Wildman–Crippen MR) is 70.7 cm³/mol. The molecule has 112 valence electrons. The SMILES string of the molecule is CC(C(=O)C(F)(F)F)c1nc(Cc2ccccc2Br)no1. The fraction of sp³-hybridized carbons (Fsp3) is 0.308. The first-order valence-electron chi connectivity index (χ1n) is 5.96. The van der Waals surface area contributed by atoms with Crippen LogP contribution in [0.1, 0.15) is 30.1 Å². The van der Waals surface area contributed by atoms with Crippen molar-refractivity contribution in [2.24, 2.45) is 0 Å². The lowest BCUT2D eigenvalue weighted by Gasteiger charge is -2.08. The molecule has 21 heavy (non-hydrogen) atoms. The molecule has 0 N–H and O–H groups in total. The van der Waals surface area contributed by atoms with Gasteiger partial charge in [0.1, 0.15) is 5.92 Å². The molecule has 2 aromatic rings. The fourth-order valence-electron chi connectivity index (χ4n) is 1.68. The lowest BCUT2D eigenvalue weighted by atomic mass is 10.1. The summed E-state index contributed by atoms with van der Waals surface area (Å²) in [6, 6.07) is 7.30. The van der Waals surface area contributed by atoms with Crippen LogP contribution >= 0.6 is 15.9 Å². The van der Waals surface area contributed by atoms with Gasteiger partial charge in [-0.25, -0.2) is 0 Å². The third-order valence-electron chi connectivity index (χ3n) is 2.83. The summed E-state index contributed by atoms with van der Waals surface area (Å²) in [5, 5.41) is 3.61. The van der Waals surface area contributed by atoms with Gasteiger partial charge in [-0.1, -0.05) is 39.3 Å². The lowest BCUT2D eigenvalue weighted by molar-refractivity contribution is -0.172. The number of Topliss-reactive ketones (excluding diaryl/α,β-unsaturated/α-hetero) is 1. The van der Waals surface area contributed by atoms with Crippen LogP contribution in [0, 0.1) is 0 Å². The molecular weight excluding hydrogens is 353 g/mol. The average Bonchev–Trinajstić information content (AvgIpc) is 2.87. The maximum atomic E-state index is 12.3. The second-order valence-electron chi connectivity index (χ2n) is 4.40. The van der Waals surface area contributed by atoms with E-state index in [0.29, 0.717) is 0 Å². The summed E-state index contributed by atoms with van der Waals surface area (Å²) >= 11 is 3.35. The number of hydrogen-bond donors (Lipinski definition) is 0. The van der Waals surface area contributed by atoms with E-state index < -0.39 is 17.9 Å². The third kappa shape index (κ3) is 3.69. The molecule has 0 saturated carbocycles. The van der Waals surface area contributed by atoms with Crippen molar-refractivity contribution in [3.05, 3.63) is 46.0 Å². The smallest absolute Gasteiger partial charge is 0.339 e. The van der Waals surface area contributed by atoms with Crippen LogP contribution in [0.15, 0.2) is 33.3 Å². The van der Waals surface area contributed by atoms with Crippen molar-refractivity contribution in [3.8, 4) is 0 Å². The van der Waals surface area contributed by atoms with Crippen molar-refractivity contribution < 1.29 is 22.5 Å².